The molecule has 2 aromatic rings. The predicted molar refractivity (Wildman–Crippen MR) is 74.6 cm³/mol. The quantitative estimate of drug-likeness (QED) is 0.900. The molecule has 100 valence electrons. The first-order chi connectivity index (χ1) is 8.82. The molecule has 0 aliphatic carbocycles. The number of carbonyl (C=O) groups is 1. The summed E-state index contributed by atoms with van der Waals surface area (Å²) >= 11 is 0. The van der Waals surface area contributed by atoms with Crippen molar-refractivity contribution in [3.8, 4) is 11.3 Å². The molecule has 0 unspecified atom stereocenters. The molecule has 1 aromatic heterocycles. The molecule has 1 N–H and O–H groups in total. The molecule has 4 nitrogen and oxygen atoms in total. The number of aryl methyl sites for hydroxylation is 3. The fourth-order valence-electron chi connectivity index (χ4n) is 2.31. The van der Waals surface area contributed by atoms with E-state index in [1.807, 2.05) is 45.5 Å². The van der Waals surface area contributed by atoms with Gasteiger partial charge in [0.1, 0.15) is 0 Å². The van der Waals surface area contributed by atoms with Gasteiger partial charge in [0, 0.05) is 18.3 Å². The van der Waals surface area contributed by atoms with E-state index in [0.29, 0.717) is 5.56 Å². The molecule has 0 saturated heterocycles. The van der Waals surface area contributed by atoms with Gasteiger partial charge in [-0.1, -0.05) is 6.07 Å². The molecule has 1 aromatic carbocycles. The lowest BCUT2D eigenvalue weighted by Gasteiger charge is -2.09. The second-order valence-corrected chi connectivity index (χ2v) is 4.97. The minimum atomic E-state index is -0.899. The predicted octanol–water partition coefficient (Wildman–Crippen LogP) is 3.02. The highest BCUT2D eigenvalue weighted by atomic mass is 16.4. The summed E-state index contributed by atoms with van der Waals surface area (Å²) < 4.78 is 1.82. The van der Waals surface area contributed by atoms with Crippen LogP contribution >= 0.6 is 0 Å². The smallest absolute Gasteiger partial charge is 0.335 e. The molecular formula is C15H18N2O2. The number of hydrogen-bond acceptors (Lipinski definition) is 2. The van der Waals surface area contributed by atoms with Crippen LogP contribution in [0.1, 0.15) is 32.7 Å². The zero-order valence-corrected chi connectivity index (χ0v) is 11.9. The maximum atomic E-state index is 11.2. The number of aromatic carboxylic acids is 1. The van der Waals surface area contributed by atoms with Crippen molar-refractivity contribution in [2.45, 2.75) is 27.7 Å². The van der Waals surface area contributed by atoms with Gasteiger partial charge in [0.05, 0.1) is 11.3 Å². The third-order valence-corrected chi connectivity index (χ3v) is 3.69. The zero-order valence-electron chi connectivity index (χ0n) is 11.9. The van der Waals surface area contributed by atoms with Gasteiger partial charge < -0.3 is 5.11 Å². The lowest BCUT2D eigenvalue weighted by atomic mass is 9.96. The summed E-state index contributed by atoms with van der Waals surface area (Å²) in [4.78, 5) is 11.2. The maximum Gasteiger partial charge on any atom is 0.335 e. The number of carboxylic acid groups (broad SMARTS) is 1. The standard InChI is InChI=1S/C15H18N2O2/c1-8-6-9(2)13(15(18)19)7-12(8)14-10(3)11(4)17(5)16-14/h6-7H,1-5H3,(H,18,19). The van der Waals surface area contributed by atoms with E-state index < -0.39 is 5.97 Å². The molecule has 0 saturated carbocycles. The van der Waals surface area contributed by atoms with E-state index in [1.54, 1.807) is 6.07 Å². The van der Waals surface area contributed by atoms with Crippen molar-refractivity contribution in [1.29, 1.82) is 0 Å². The van der Waals surface area contributed by atoms with Crippen LogP contribution in [0.5, 0.6) is 0 Å². The molecule has 0 radical (unpaired) electrons. The average Bonchev–Trinajstić information content (AvgIpc) is 2.57. The SMILES string of the molecule is Cc1cc(C)c(-c2nn(C)c(C)c2C)cc1C(=O)O. The van der Waals surface area contributed by atoms with Gasteiger partial charge in [0.15, 0.2) is 0 Å². The van der Waals surface area contributed by atoms with Crippen LogP contribution in [0.4, 0.5) is 0 Å². The van der Waals surface area contributed by atoms with Crippen molar-refractivity contribution in [3.63, 3.8) is 0 Å². The van der Waals surface area contributed by atoms with Crippen LogP contribution in [-0.2, 0) is 7.05 Å². The third kappa shape index (κ3) is 2.14. The minimum absolute atomic E-state index is 0.336. The van der Waals surface area contributed by atoms with Gasteiger partial charge in [0.2, 0.25) is 0 Å². The van der Waals surface area contributed by atoms with Crippen molar-refractivity contribution >= 4 is 5.97 Å². The Morgan fingerprint density at radius 3 is 2.26 bits per heavy atom. The Hall–Kier alpha value is -2.10. The van der Waals surface area contributed by atoms with Crippen LogP contribution < -0.4 is 0 Å². The van der Waals surface area contributed by atoms with Crippen LogP contribution in [0.25, 0.3) is 11.3 Å². The summed E-state index contributed by atoms with van der Waals surface area (Å²) in [6.07, 6.45) is 0. The fourth-order valence-corrected chi connectivity index (χ4v) is 2.31. The fraction of sp³-hybridized carbons (Fsp3) is 0.333. The second kappa shape index (κ2) is 4.53. The van der Waals surface area contributed by atoms with E-state index in [9.17, 15) is 9.90 Å². The van der Waals surface area contributed by atoms with E-state index in [-0.39, 0.29) is 0 Å². The first-order valence-electron chi connectivity index (χ1n) is 6.18. The maximum absolute atomic E-state index is 11.2. The van der Waals surface area contributed by atoms with E-state index in [2.05, 4.69) is 5.10 Å². The van der Waals surface area contributed by atoms with Gasteiger partial charge in [-0.25, -0.2) is 4.79 Å². The summed E-state index contributed by atoms with van der Waals surface area (Å²) in [6, 6.07) is 3.63. The van der Waals surface area contributed by atoms with Crippen LogP contribution in [0.3, 0.4) is 0 Å². The number of hydrogen-bond donors (Lipinski definition) is 1. The molecule has 0 amide bonds. The zero-order chi connectivity index (χ0) is 14.3. The normalized spacial score (nSPS) is 10.8. The lowest BCUT2D eigenvalue weighted by Crippen LogP contribution is -2.02. The molecule has 0 aliphatic heterocycles. The number of nitrogens with zero attached hydrogens (tertiary/aromatic N) is 2. The largest absolute Gasteiger partial charge is 0.478 e. The van der Waals surface area contributed by atoms with Gasteiger partial charge in [-0.2, -0.15) is 5.10 Å². The Bertz CT molecular complexity index is 669. The lowest BCUT2D eigenvalue weighted by molar-refractivity contribution is 0.0696. The Balaban J connectivity index is 2.71. The monoisotopic (exact) mass is 258 g/mol. The van der Waals surface area contributed by atoms with E-state index in [1.165, 1.54) is 0 Å². The summed E-state index contributed by atoms with van der Waals surface area (Å²) in [5.74, 6) is -0.899. The molecule has 4 heteroatoms. The Kier molecular flexibility index (Phi) is 3.18. The number of benzene rings is 1. The van der Waals surface area contributed by atoms with Gasteiger partial charge in [0.25, 0.3) is 0 Å². The molecule has 0 spiro atoms. The molecule has 0 fully saturated rings. The van der Waals surface area contributed by atoms with Crippen molar-refractivity contribution in [3.05, 3.63) is 40.1 Å². The van der Waals surface area contributed by atoms with Crippen LogP contribution in [0.15, 0.2) is 12.1 Å². The van der Waals surface area contributed by atoms with Crippen molar-refractivity contribution in [2.75, 3.05) is 0 Å². The van der Waals surface area contributed by atoms with Crippen LogP contribution in [0.2, 0.25) is 0 Å². The van der Waals surface area contributed by atoms with Gasteiger partial charge in [-0.15, -0.1) is 0 Å². The topological polar surface area (TPSA) is 55.1 Å². The Morgan fingerprint density at radius 1 is 1.16 bits per heavy atom. The summed E-state index contributed by atoms with van der Waals surface area (Å²) in [6.45, 7) is 7.82. The summed E-state index contributed by atoms with van der Waals surface area (Å²) in [5.41, 5.74) is 6.09. The Labute approximate surface area is 112 Å². The first kappa shape index (κ1) is 13.3. The number of rotatable bonds is 2. The highest BCUT2D eigenvalue weighted by Gasteiger charge is 2.16. The molecule has 0 bridgehead atoms. The third-order valence-electron chi connectivity index (χ3n) is 3.69. The molecule has 19 heavy (non-hydrogen) atoms. The van der Waals surface area contributed by atoms with Gasteiger partial charge in [-0.05, 0) is 50.5 Å². The van der Waals surface area contributed by atoms with Crippen molar-refractivity contribution in [2.24, 2.45) is 7.05 Å². The first-order valence-corrected chi connectivity index (χ1v) is 6.18. The van der Waals surface area contributed by atoms with Gasteiger partial charge in [-0.3, -0.25) is 4.68 Å². The van der Waals surface area contributed by atoms with Gasteiger partial charge >= 0.3 is 5.97 Å². The van der Waals surface area contributed by atoms with Crippen LogP contribution in [0, 0.1) is 27.7 Å². The van der Waals surface area contributed by atoms with Crippen molar-refractivity contribution < 1.29 is 9.90 Å². The average molecular weight is 258 g/mol. The van der Waals surface area contributed by atoms with Crippen LogP contribution in [-0.4, -0.2) is 20.9 Å². The molecule has 1 heterocycles. The minimum Gasteiger partial charge on any atom is -0.478 e. The van der Waals surface area contributed by atoms with E-state index >= 15 is 0 Å². The summed E-state index contributed by atoms with van der Waals surface area (Å²) in [5, 5.41) is 13.7. The summed E-state index contributed by atoms with van der Waals surface area (Å²) in [7, 11) is 1.90. The molecule has 0 aliphatic rings. The van der Waals surface area contributed by atoms with E-state index in [0.717, 1.165) is 33.6 Å². The second-order valence-electron chi connectivity index (χ2n) is 4.97. The number of carboxylic acids is 1. The highest BCUT2D eigenvalue weighted by molar-refractivity contribution is 5.91. The van der Waals surface area contributed by atoms with Crippen molar-refractivity contribution in [1.82, 2.24) is 9.78 Å². The number of aromatic nitrogens is 2. The Morgan fingerprint density at radius 2 is 1.79 bits per heavy atom. The molecule has 2 rings (SSSR count). The molecule has 0 atom stereocenters. The van der Waals surface area contributed by atoms with E-state index in [4.69, 9.17) is 0 Å². The highest BCUT2D eigenvalue weighted by Crippen LogP contribution is 2.29. The molecular weight excluding hydrogens is 240 g/mol.